The highest BCUT2D eigenvalue weighted by Gasteiger charge is 2.15. The number of hydrazine groups is 1. The lowest BCUT2D eigenvalue weighted by atomic mass is 10.2. The first-order valence-electron chi connectivity index (χ1n) is 7.06. The number of aromatic nitrogens is 2. The number of carbonyl (C=O) groups excluding carboxylic acids is 1. The molecular weight excluding hydrogens is 316 g/mol. The van der Waals surface area contributed by atoms with Gasteiger partial charge in [0.1, 0.15) is 0 Å². The molecule has 2 amide bonds. The Balaban J connectivity index is 1.78. The van der Waals surface area contributed by atoms with Crippen molar-refractivity contribution in [3.63, 3.8) is 0 Å². The predicted octanol–water partition coefficient (Wildman–Crippen LogP) is 3.72. The first-order chi connectivity index (χ1) is 11.6. The zero-order valence-electron chi connectivity index (χ0n) is 12.3. The lowest BCUT2D eigenvalue weighted by Crippen LogP contribution is -2.34. The van der Waals surface area contributed by atoms with Gasteiger partial charge in [0.05, 0.1) is 5.52 Å². The van der Waals surface area contributed by atoms with E-state index in [9.17, 15) is 13.6 Å². The number of amides is 2. The third-order valence-corrected chi connectivity index (χ3v) is 3.14. The fraction of sp³-hybridized carbons (Fsp3) is 0.0625. The zero-order chi connectivity index (χ0) is 16.9. The molecule has 0 aliphatic heterocycles. The van der Waals surface area contributed by atoms with E-state index in [1.54, 1.807) is 48.5 Å². The zero-order valence-corrected chi connectivity index (χ0v) is 12.3. The van der Waals surface area contributed by atoms with Crippen LogP contribution in [-0.4, -0.2) is 16.0 Å². The monoisotopic (exact) mass is 329 g/mol. The Kier molecular flexibility index (Phi) is 4.46. The van der Waals surface area contributed by atoms with Gasteiger partial charge in [0, 0.05) is 11.1 Å². The number of anilines is 2. The van der Waals surface area contributed by atoms with Gasteiger partial charge in [0.25, 0.3) is 6.43 Å². The summed E-state index contributed by atoms with van der Waals surface area (Å²) in [6.07, 6.45) is -2.81. The minimum atomic E-state index is -2.81. The van der Waals surface area contributed by atoms with Crippen molar-refractivity contribution >= 4 is 28.4 Å². The third-order valence-electron chi connectivity index (χ3n) is 3.14. The maximum Gasteiger partial charge on any atom is 0.337 e. The molecule has 3 rings (SSSR count). The smallest absolute Gasteiger partial charge is 0.307 e. The molecule has 0 aliphatic carbocycles. The number of hydrogen-bond donors (Lipinski definition) is 3. The van der Waals surface area contributed by atoms with Crippen LogP contribution in [0.1, 0.15) is 12.2 Å². The summed E-state index contributed by atoms with van der Waals surface area (Å²) in [5.41, 5.74) is 5.88. The molecule has 3 N–H and O–H groups in total. The summed E-state index contributed by atoms with van der Waals surface area (Å²) in [7, 11) is 0. The molecule has 0 unspecified atom stereocenters. The fourth-order valence-electron chi connectivity index (χ4n) is 2.09. The molecule has 0 radical (unpaired) electrons. The van der Waals surface area contributed by atoms with E-state index in [2.05, 4.69) is 26.1 Å². The van der Waals surface area contributed by atoms with Crippen molar-refractivity contribution in [2.24, 2.45) is 0 Å². The van der Waals surface area contributed by atoms with Crippen LogP contribution in [0.5, 0.6) is 0 Å². The molecule has 0 bridgehead atoms. The van der Waals surface area contributed by atoms with Gasteiger partial charge in [0.15, 0.2) is 11.6 Å². The number of carbonyl (C=O) groups is 1. The van der Waals surface area contributed by atoms with Gasteiger partial charge in [-0.15, -0.1) is 0 Å². The van der Waals surface area contributed by atoms with Crippen LogP contribution >= 0.6 is 0 Å². The summed E-state index contributed by atoms with van der Waals surface area (Å²) in [4.78, 5) is 19.4. The molecule has 0 spiro atoms. The summed E-state index contributed by atoms with van der Waals surface area (Å²) in [5, 5.41) is 3.11. The number of nitrogens with zero attached hydrogens (tertiary/aromatic N) is 2. The number of alkyl halides is 2. The van der Waals surface area contributed by atoms with Gasteiger partial charge in [0.2, 0.25) is 0 Å². The van der Waals surface area contributed by atoms with Crippen LogP contribution in [0.25, 0.3) is 10.9 Å². The predicted molar refractivity (Wildman–Crippen MR) is 86.7 cm³/mol. The van der Waals surface area contributed by atoms with E-state index in [0.717, 1.165) is 0 Å². The molecule has 0 fully saturated rings. The summed E-state index contributed by atoms with van der Waals surface area (Å²) in [6.45, 7) is 0. The third kappa shape index (κ3) is 3.54. The van der Waals surface area contributed by atoms with Gasteiger partial charge in [-0.05, 0) is 24.3 Å². The molecule has 0 aliphatic rings. The van der Waals surface area contributed by atoms with Gasteiger partial charge in [-0.1, -0.05) is 30.3 Å². The van der Waals surface area contributed by atoms with Crippen molar-refractivity contribution in [1.29, 1.82) is 0 Å². The van der Waals surface area contributed by atoms with E-state index in [0.29, 0.717) is 16.6 Å². The number of halogens is 2. The van der Waals surface area contributed by atoms with Crippen LogP contribution in [0, 0.1) is 0 Å². The molecule has 1 heterocycles. The van der Waals surface area contributed by atoms with Gasteiger partial charge in [-0.2, -0.15) is 0 Å². The van der Waals surface area contributed by atoms with Crippen LogP contribution in [-0.2, 0) is 0 Å². The van der Waals surface area contributed by atoms with Crippen molar-refractivity contribution in [2.75, 3.05) is 10.7 Å². The Morgan fingerprint density at radius 2 is 1.67 bits per heavy atom. The number of urea groups is 1. The maximum atomic E-state index is 12.9. The number of fused-ring (bicyclic) bond motifs is 1. The summed E-state index contributed by atoms with van der Waals surface area (Å²) in [6, 6.07) is 14.9. The molecule has 6 nitrogen and oxygen atoms in total. The summed E-state index contributed by atoms with van der Waals surface area (Å²) in [5.74, 6) is -0.513. The molecule has 8 heteroatoms. The fourth-order valence-corrected chi connectivity index (χ4v) is 2.09. The largest absolute Gasteiger partial charge is 0.337 e. The lowest BCUT2D eigenvalue weighted by molar-refractivity contribution is 0.141. The maximum absolute atomic E-state index is 12.9. The topological polar surface area (TPSA) is 78.9 Å². The Bertz CT molecular complexity index is 857. The molecule has 122 valence electrons. The van der Waals surface area contributed by atoms with Crippen LogP contribution in [0.3, 0.4) is 0 Å². The van der Waals surface area contributed by atoms with E-state index in [4.69, 9.17) is 0 Å². The van der Waals surface area contributed by atoms with E-state index >= 15 is 0 Å². The van der Waals surface area contributed by atoms with E-state index < -0.39 is 18.3 Å². The quantitative estimate of drug-likeness (QED) is 0.638. The highest BCUT2D eigenvalue weighted by Crippen LogP contribution is 2.23. The molecule has 0 saturated heterocycles. The van der Waals surface area contributed by atoms with E-state index in [1.165, 1.54) is 0 Å². The van der Waals surface area contributed by atoms with Gasteiger partial charge in [-0.25, -0.2) is 23.5 Å². The molecule has 1 aromatic heterocycles. The molecule has 24 heavy (non-hydrogen) atoms. The van der Waals surface area contributed by atoms with Crippen LogP contribution in [0.15, 0.2) is 54.6 Å². The van der Waals surface area contributed by atoms with Crippen molar-refractivity contribution in [2.45, 2.75) is 6.43 Å². The number of para-hydroxylation sites is 2. The summed E-state index contributed by atoms with van der Waals surface area (Å²) < 4.78 is 25.8. The van der Waals surface area contributed by atoms with Gasteiger partial charge in [-0.3, -0.25) is 10.9 Å². The first kappa shape index (κ1) is 15.6. The second-order valence-corrected chi connectivity index (χ2v) is 4.82. The molecular formula is C16H13F2N5O. The van der Waals surface area contributed by atoms with Crippen molar-refractivity contribution in [1.82, 2.24) is 15.4 Å². The summed E-state index contributed by atoms with van der Waals surface area (Å²) >= 11 is 0. The van der Waals surface area contributed by atoms with Crippen LogP contribution in [0.4, 0.5) is 25.1 Å². The SMILES string of the molecule is O=C(NNc1nc(C(F)F)nc2ccccc12)Nc1ccccc1. The molecule has 2 aromatic carbocycles. The average molecular weight is 329 g/mol. The number of hydrogen-bond acceptors (Lipinski definition) is 4. The molecule has 3 aromatic rings. The van der Waals surface area contributed by atoms with Gasteiger partial charge >= 0.3 is 6.03 Å². The van der Waals surface area contributed by atoms with Gasteiger partial charge < -0.3 is 5.32 Å². The Hall–Kier alpha value is -3.29. The molecule has 0 atom stereocenters. The van der Waals surface area contributed by atoms with Crippen molar-refractivity contribution < 1.29 is 13.6 Å². The normalized spacial score (nSPS) is 10.6. The number of nitrogens with one attached hydrogen (secondary N) is 3. The van der Waals surface area contributed by atoms with E-state index in [1.807, 2.05) is 6.07 Å². The number of rotatable bonds is 4. The van der Waals surface area contributed by atoms with Crippen LogP contribution < -0.4 is 16.2 Å². The Labute approximate surface area is 135 Å². The van der Waals surface area contributed by atoms with E-state index in [-0.39, 0.29) is 5.82 Å². The second kappa shape index (κ2) is 6.86. The average Bonchev–Trinajstić information content (AvgIpc) is 2.60. The lowest BCUT2D eigenvalue weighted by Gasteiger charge is -2.12. The molecule has 0 saturated carbocycles. The highest BCUT2D eigenvalue weighted by molar-refractivity contribution is 5.93. The standard InChI is InChI=1S/C16H13F2N5O/c17-13(18)15-20-12-9-5-4-8-11(12)14(21-15)22-23-16(24)19-10-6-2-1-3-7-10/h1-9,13H,(H2,19,23,24)(H,20,21,22). The van der Waals surface area contributed by atoms with Crippen molar-refractivity contribution in [3.8, 4) is 0 Å². The Morgan fingerprint density at radius 3 is 2.42 bits per heavy atom. The first-order valence-corrected chi connectivity index (χ1v) is 7.06. The Morgan fingerprint density at radius 1 is 0.958 bits per heavy atom. The number of benzene rings is 2. The second-order valence-electron chi connectivity index (χ2n) is 4.82. The van der Waals surface area contributed by atoms with Crippen molar-refractivity contribution in [3.05, 3.63) is 60.4 Å². The minimum absolute atomic E-state index is 0.0964. The minimum Gasteiger partial charge on any atom is -0.307 e. The highest BCUT2D eigenvalue weighted by atomic mass is 19.3. The van der Waals surface area contributed by atoms with Crippen LogP contribution in [0.2, 0.25) is 0 Å².